The lowest BCUT2D eigenvalue weighted by Gasteiger charge is -2.10. The van der Waals surface area contributed by atoms with Crippen LogP contribution in [0.5, 0.6) is 11.5 Å². The molecule has 1 rings (SSSR count). The highest BCUT2D eigenvalue weighted by atomic mass is 16.5. The molecule has 16 heavy (non-hydrogen) atoms. The van der Waals surface area contributed by atoms with Gasteiger partial charge in [0.05, 0.1) is 12.7 Å². The fourth-order valence-corrected chi connectivity index (χ4v) is 1.19. The number of aliphatic carboxylic acids is 1. The van der Waals surface area contributed by atoms with Crippen LogP contribution in [0.3, 0.4) is 0 Å². The van der Waals surface area contributed by atoms with Crippen molar-refractivity contribution in [3.63, 3.8) is 0 Å². The van der Waals surface area contributed by atoms with Crippen LogP contribution >= 0.6 is 0 Å². The highest BCUT2D eigenvalue weighted by Crippen LogP contribution is 2.31. The van der Waals surface area contributed by atoms with E-state index in [1.165, 1.54) is 7.11 Å². The summed E-state index contributed by atoms with van der Waals surface area (Å²) in [6, 6.07) is 3.93. The number of aliphatic hydroxyl groups is 1. The van der Waals surface area contributed by atoms with Gasteiger partial charge in [-0.2, -0.15) is 5.26 Å². The Bertz CT molecular complexity index is 463. The third-order valence-electron chi connectivity index (χ3n) is 2.00. The second-order valence-corrected chi connectivity index (χ2v) is 2.96. The van der Waals surface area contributed by atoms with Crippen LogP contribution in [-0.2, 0) is 4.79 Å². The van der Waals surface area contributed by atoms with Crippen molar-refractivity contribution in [2.45, 2.75) is 6.10 Å². The summed E-state index contributed by atoms with van der Waals surface area (Å²) in [5, 5.41) is 36.0. The third kappa shape index (κ3) is 2.04. The number of carboxylic acids is 1. The minimum absolute atomic E-state index is 0.0376. The van der Waals surface area contributed by atoms with Crippen LogP contribution in [0.2, 0.25) is 0 Å². The SMILES string of the molecule is COc1cc(O)c(C(O)C(=O)O)cc1C#N. The molecular weight excluding hydrogens is 214 g/mol. The molecule has 0 saturated heterocycles. The number of aliphatic hydroxyl groups excluding tert-OH is 1. The van der Waals surface area contributed by atoms with Crippen LogP contribution < -0.4 is 4.74 Å². The number of carbonyl (C=O) groups is 1. The van der Waals surface area contributed by atoms with E-state index in [0.29, 0.717) is 0 Å². The van der Waals surface area contributed by atoms with Crippen molar-refractivity contribution in [2.75, 3.05) is 7.11 Å². The van der Waals surface area contributed by atoms with Crippen LogP contribution in [0, 0.1) is 11.3 Å². The number of aromatic hydroxyl groups is 1. The average Bonchev–Trinajstić information content (AvgIpc) is 2.27. The Hall–Kier alpha value is -2.26. The molecule has 1 aromatic rings. The summed E-state index contributed by atoms with van der Waals surface area (Å²) < 4.78 is 4.80. The third-order valence-corrected chi connectivity index (χ3v) is 2.00. The molecular formula is C10H9NO5. The van der Waals surface area contributed by atoms with E-state index in [0.717, 1.165) is 12.1 Å². The summed E-state index contributed by atoms with van der Waals surface area (Å²) in [4.78, 5) is 10.5. The molecule has 1 unspecified atom stereocenters. The molecule has 0 bridgehead atoms. The Morgan fingerprint density at radius 3 is 2.62 bits per heavy atom. The van der Waals surface area contributed by atoms with E-state index >= 15 is 0 Å². The molecule has 0 aliphatic heterocycles. The summed E-state index contributed by atoms with van der Waals surface area (Å²) >= 11 is 0. The molecule has 0 heterocycles. The number of hydrogen-bond donors (Lipinski definition) is 3. The normalized spacial score (nSPS) is 11.6. The van der Waals surface area contributed by atoms with Crippen molar-refractivity contribution >= 4 is 5.97 Å². The van der Waals surface area contributed by atoms with E-state index in [4.69, 9.17) is 15.1 Å². The summed E-state index contributed by atoms with van der Waals surface area (Å²) in [5.41, 5.74) is -0.208. The number of methoxy groups -OCH3 is 1. The van der Waals surface area contributed by atoms with Gasteiger partial charge in [-0.1, -0.05) is 0 Å². The molecule has 0 aliphatic carbocycles. The van der Waals surface area contributed by atoms with E-state index in [1.54, 1.807) is 6.07 Å². The smallest absolute Gasteiger partial charge is 0.337 e. The minimum Gasteiger partial charge on any atom is -0.507 e. The summed E-state index contributed by atoms with van der Waals surface area (Å²) in [5.74, 6) is -1.84. The van der Waals surface area contributed by atoms with Crippen molar-refractivity contribution < 1.29 is 24.9 Å². The molecule has 0 amide bonds. The fraction of sp³-hybridized carbons (Fsp3) is 0.200. The number of phenols is 1. The lowest BCUT2D eigenvalue weighted by Crippen LogP contribution is -2.11. The van der Waals surface area contributed by atoms with Gasteiger partial charge in [-0.05, 0) is 6.07 Å². The maximum Gasteiger partial charge on any atom is 0.337 e. The van der Waals surface area contributed by atoms with Gasteiger partial charge in [0, 0.05) is 11.6 Å². The Kier molecular flexibility index (Phi) is 3.33. The predicted molar refractivity (Wildman–Crippen MR) is 52.0 cm³/mol. The van der Waals surface area contributed by atoms with Crippen LogP contribution in [0.25, 0.3) is 0 Å². The van der Waals surface area contributed by atoms with Crippen molar-refractivity contribution in [2.24, 2.45) is 0 Å². The first kappa shape index (κ1) is 11.8. The van der Waals surface area contributed by atoms with E-state index < -0.39 is 17.8 Å². The van der Waals surface area contributed by atoms with Crippen molar-refractivity contribution in [1.29, 1.82) is 5.26 Å². The monoisotopic (exact) mass is 223 g/mol. The number of phenolic OH excluding ortho intramolecular Hbond substituents is 1. The maximum absolute atomic E-state index is 10.5. The zero-order chi connectivity index (χ0) is 12.3. The Morgan fingerprint density at radius 1 is 1.56 bits per heavy atom. The van der Waals surface area contributed by atoms with Gasteiger partial charge in [0.15, 0.2) is 6.10 Å². The van der Waals surface area contributed by atoms with Gasteiger partial charge in [-0.3, -0.25) is 0 Å². The topological polar surface area (TPSA) is 111 Å². The van der Waals surface area contributed by atoms with Gasteiger partial charge in [-0.15, -0.1) is 0 Å². The molecule has 0 aromatic heterocycles. The zero-order valence-corrected chi connectivity index (χ0v) is 8.34. The number of nitriles is 1. The number of rotatable bonds is 3. The summed E-state index contributed by atoms with van der Waals surface area (Å²) in [7, 11) is 1.31. The molecule has 3 N–H and O–H groups in total. The Morgan fingerprint density at radius 2 is 2.19 bits per heavy atom. The standard InChI is InChI=1S/C10H9NO5/c1-16-8-3-7(12)6(2-5(8)4-11)9(13)10(14)15/h2-3,9,12-13H,1H3,(H,14,15). The molecule has 0 radical (unpaired) electrons. The van der Waals surface area contributed by atoms with E-state index in [1.807, 2.05) is 0 Å². The van der Waals surface area contributed by atoms with E-state index in [2.05, 4.69) is 0 Å². The second kappa shape index (κ2) is 4.51. The summed E-state index contributed by atoms with van der Waals surface area (Å²) in [6.07, 6.45) is -1.88. The van der Waals surface area contributed by atoms with Crippen LogP contribution in [-0.4, -0.2) is 28.4 Å². The van der Waals surface area contributed by atoms with Crippen LogP contribution in [0.15, 0.2) is 12.1 Å². The molecule has 0 fully saturated rings. The number of carboxylic acid groups (broad SMARTS) is 1. The predicted octanol–water partition coefficient (Wildman–Crippen LogP) is 0.390. The van der Waals surface area contributed by atoms with Gasteiger partial charge < -0.3 is 20.1 Å². The highest BCUT2D eigenvalue weighted by Gasteiger charge is 2.22. The Labute approximate surface area is 90.9 Å². The van der Waals surface area contributed by atoms with Gasteiger partial charge in [0.1, 0.15) is 17.6 Å². The fourth-order valence-electron chi connectivity index (χ4n) is 1.19. The van der Waals surface area contributed by atoms with E-state index in [-0.39, 0.29) is 16.9 Å². The lowest BCUT2D eigenvalue weighted by atomic mass is 10.0. The molecule has 1 atom stereocenters. The van der Waals surface area contributed by atoms with Crippen molar-refractivity contribution in [3.8, 4) is 17.6 Å². The number of ether oxygens (including phenoxy) is 1. The second-order valence-electron chi connectivity index (χ2n) is 2.96. The molecule has 0 aliphatic rings. The minimum atomic E-state index is -1.88. The first-order chi connectivity index (χ1) is 7.51. The van der Waals surface area contributed by atoms with E-state index in [9.17, 15) is 15.0 Å². The van der Waals surface area contributed by atoms with Gasteiger partial charge in [0.2, 0.25) is 0 Å². The number of nitrogens with zero attached hydrogens (tertiary/aromatic N) is 1. The van der Waals surface area contributed by atoms with Crippen LogP contribution in [0.4, 0.5) is 0 Å². The Balaban J connectivity index is 3.33. The quantitative estimate of drug-likeness (QED) is 0.683. The average molecular weight is 223 g/mol. The summed E-state index contributed by atoms with van der Waals surface area (Å²) in [6.45, 7) is 0. The molecule has 0 spiro atoms. The van der Waals surface area contributed by atoms with Gasteiger partial charge in [-0.25, -0.2) is 4.79 Å². The molecule has 6 nitrogen and oxygen atoms in total. The van der Waals surface area contributed by atoms with Crippen molar-refractivity contribution in [3.05, 3.63) is 23.3 Å². The first-order valence-corrected chi connectivity index (χ1v) is 4.23. The maximum atomic E-state index is 10.5. The first-order valence-electron chi connectivity index (χ1n) is 4.23. The number of hydrogen-bond acceptors (Lipinski definition) is 5. The number of benzene rings is 1. The molecule has 0 saturated carbocycles. The molecule has 6 heteroatoms. The molecule has 1 aromatic carbocycles. The lowest BCUT2D eigenvalue weighted by molar-refractivity contribution is -0.147. The highest BCUT2D eigenvalue weighted by molar-refractivity contribution is 5.75. The largest absolute Gasteiger partial charge is 0.507 e. The van der Waals surface area contributed by atoms with Crippen LogP contribution in [0.1, 0.15) is 17.2 Å². The van der Waals surface area contributed by atoms with Gasteiger partial charge >= 0.3 is 5.97 Å². The van der Waals surface area contributed by atoms with Gasteiger partial charge in [0.25, 0.3) is 0 Å². The molecule has 84 valence electrons. The van der Waals surface area contributed by atoms with Crippen molar-refractivity contribution in [1.82, 2.24) is 0 Å². The zero-order valence-electron chi connectivity index (χ0n) is 8.34.